The summed E-state index contributed by atoms with van der Waals surface area (Å²) in [6.45, 7) is 1.76. The molecule has 2 atom stereocenters. The number of methoxy groups -OCH3 is 1. The van der Waals surface area contributed by atoms with Crippen LogP contribution in [0.1, 0.15) is 44.1 Å². The Morgan fingerprint density at radius 2 is 1.96 bits per heavy atom. The van der Waals surface area contributed by atoms with Gasteiger partial charge in [-0.2, -0.15) is 0 Å². The highest BCUT2D eigenvalue weighted by atomic mass is 16.5. The Kier molecular flexibility index (Phi) is 5.73. The third kappa shape index (κ3) is 4.55. The van der Waals surface area contributed by atoms with Crippen LogP contribution in [-0.4, -0.2) is 30.9 Å². The van der Waals surface area contributed by atoms with Gasteiger partial charge < -0.3 is 15.4 Å². The second kappa shape index (κ2) is 7.76. The number of anilines is 1. The number of carbonyl (C=O) groups excluding carboxylic acids is 3. The first-order valence-corrected chi connectivity index (χ1v) is 7.79. The lowest BCUT2D eigenvalue weighted by atomic mass is 10.0. The van der Waals surface area contributed by atoms with Crippen molar-refractivity contribution < 1.29 is 19.1 Å². The number of hydrogen-bond donors (Lipinski definition) is 2. The molecule has 1 saturated heterocycles. The van der Waals surface area contributed by atoms with E-state index in [2.05, 4.69) is 10.6 Å². The van der Waals surface area contributed by atoms with Crippen LogP contribution in [0.5, 0.6) is 0 Å². The Hall–Kier alpha value is -2.37. The van der Waals surface area contributed by atoms with Crippen LogP contribution in [0.3, 0.4) is 0 Å². The van der Waals surface area contributed by atoms with E-state index >= 15 is 0 Å². The Bertz CT molecular complexity index is 583. The van der Waals surface area contributed by atoms with E-state index in [4.69, 9.17) is 4.74 Å². The van der Waals surface area contributed by atoms with Crippen molar-refractivity contribution in [2.45, 2.75) is 44.6 Å². The van der Waals surface area contributed by atoms with Gasteiger partial charge in [-0.3, -0.25) is 14.4 Å². The van der Waals surface area contributed by atoms with Gasteiger partial charge in [0.25, 0.3) is 0 Å². The fourth-order valence-electron chi connectivity index (χ4n) is 2.57. The van der Waals surface area contributed by atoms with Gasteiger partial charge in [-0.25, -0.2) is 0 Å². The Labute approximate surface area is 135 Å². The summed E-state index contributed by atoms with van der Waals surface area (Å²) >= 11 is 0. The molecule has 0 spiro atoms. The van der Waals surface area contributed by atoms with E-state index in [1.165, 1.54) is 7.11 Å². The average Bonchev–Trinajstić information content (AvgIpc) is 2.78. The number of carbonyl (C=O) groups is 3. The minimum atomic E-state index is -0.487. The lowest BCUT2D eigenvalue weighted by Gasteiger charge is -2.16. The fourth-order valence-corrected chi connectivity index (χ4v) is 2.57. The highest BCUT2D eigenvalue weighted by molar-refractivity contribution is 5.97. The summed E-state index contributed by atoms with van der Waals surface area (Å²) in [7, 11) is 1.36. The number of amides is 2. The van der Waals surface area contributed by atoms with Crippen LogP contribution in [-0.2, 0) is 19.1 Å². The quantitative estimate of drug-likeness (QED) is 0.831. The monoisotopic (exact) mass is 318 g/mol. The predicted molar refractivity (Wildman–Crippen MR) is 85.9 cm³/mol. The molecule has 1 aliphatic rings. The molecular weight excluding hydrogens is 296 g/mol. The molecule has 1 aromatic rings. The minimum Gasteiger partial charge on any atom is -0.469 e. The van der Waals surface area contributed by atoms with Crippen molar-refractivity contribution in [3.05, 3.63) is 29.8 Å². The molecule has 0 bridgehead atoms. The molecule has 6 heteroatoms. The van der Waals surface area contributed by atoms with Crippen molar-refractivity contribution in [1.82, 2.24) is 5.32 Å². The van der Waals surface area contributed by atoms with Crippen molar-refractivity contribution in [2.24, 2.45) is 0 Å². The summed E-state index contributed by atoms with van der Waals surface area (Å²) in [6.07, 6.45) is 2.79. The summed E-state index contributed by atoms with van der Waals surface area (Å²) in [4.78, 5) is 35.3. The van der Waals surface area contributed by atoms with Gasteiger partial charge in [-0.1, -0.05) is 18.6 Å². The number of benzene rings is 1. The normalized spacial score (nSPS) is 19.2. The number of hydrogen-bond acceptors (Lipinski definition) is 4. The van der Waals surface area contributed by atoms with E-state index in [1.54, 1.807) is 31.2 Å². The molecule has 0 radical (unpaired) electrons. The molecule has 1 aliphatic heterocycles. The molecule has 0 saturated carbocycles. The highest BCUT2D eigenvalue weighted by Crippen LogP contribution is 2.19. The van der Waals surface area contributed by atoms with E-state index in [0.717, 1.165) is 18.4 Å². The first-order valence-electron chi connectivity index (χ1n) is 7.79. The third-order valence-electron chi connectivity index (χ3n) is 4.03. The minimum absolute atomic E-state index is 0.0788. The highest BCUT2D eigenvalue weighted by Gasteiger charge is 2.23. The van der Waals surface area contributed by atoms with Gasteiger partial charge >= 0.3 is 5.97 Å². The number of rotatable bonds is 4. The van der Waals surface area contributed by atoms with Crippen LogP contribution in [0.15, 0.2) is 24.3 Å². The molecule has 2 amide bonds. The molecule has 23 heavy (non-hydrogen) atoms. The third-order valence-corrected chi connectivity index (χ3v) is 4.03. The van der Waals surface area contributed by atoms with Crippen molar-refractivity contribution in [1.29, 1.82) is 0 Å². The molecular formula is C17H22N2O4. The van der Waals surface area contributed by atoms with Crippen LogP contribution < -0.4 is 10.6 Å². The lowest BCUT2D eigenvalue weighted by molar-refractivity contribution is -0.142. The number of nitrogens with one attached hydrogen (secondary N) is 2. The second-order valence-corrected chi connectivity index (χ2v) is 5.72. The van der Waals surface area contributed by atoms with Crippen LogP contribution in [0.4, 0.5) is 5.69 Å². The fraction of sp³-hybridized carbons (Fsp3) is 0.471. The largest absolute Gasteiger partial charge is 0.469 e. The Morgan fingerprint density at radius 3 is 2.61 bits per heavy atom. The van der Waals surface area contributed by atoms with Crippen molar-refractivity contribution in [3.8, 4) is 0 Å². The van der Waals surface area contributed by atoms with Crippen LogP contribution in [0.25, 0.3) is 0 Å². The SMILES string of the molecule is COC(=O)[C@H](C)c1ccc(NC(=O)[C@@H]2CCCCC(=O)N2)cc1. The predicted octanol–water partition coefficient (Wildman–Crippen LogP) is 1.96. The summed E-state index contributed by atoms with van der Waals surface area (Å²) in [5.41, 5.74) is 1.45. The van der Waals surface area contributed by atoms with Gasteiger partial charge in [0.1, 0.15) is 6.04 Å². The summed E-state index contributed by atoms with van der Waals surface area (Å²) < 4.78 is 4.71. The summed E-state index contributed by atoms with van der Waals surface area (Å²) in [5, 5.41) is 5.54. The summed E-state index contributed by atoms with van der Waals surface area (Å²) in [5.74, 6) is -0.951. The number of ether oxygens (including phenoxy) is 1. The zero-order valence-corrected chi connectivity index (χ0v) is 13.4. The molecule has 0 unspecified atom stereocenters. The molecule has 2 N–H and O–H groups in total. The topological polar surface area (TPSA) is 84.5 Å². The standard InChI is InChI=1S/C17H22N2O4/c1-11(17(22)23-2)12-7-9-13(10-8-12)18-16(21)14-5-3-4-6-15(20)19-14/h7-11,14H,3-6H2,1-2H3,(H,18,21)(H,19,20)/t11-,14+/m1/s1. The van der Waals surface area contributed by atoms with Crippen molar-refractivity contribution in [2.75, 3.05) is 12.4 Å². The first-order chi connectivity index (χ1) is 11.0. The molecule has 2 rings (SSSR count). The lowest BCUT2D eigenvalue weighted by Crippen LogP contribution is -2.42. The van der Waals surface area contributed by atoms with E-state index in [-0.39, 0.29) is 23.7 Å². The average molecular weight is 318 g/mol. The van der Waals surface area contributed by atoms with Gasteiger partial charge in [0, 0.05) is 12.1 Å². The second-order valence-electron chi connectivity index (χ2n) is 5.72. The van der Waals surface area contributed by atoms with E-state index in [9.17, 15) is 14.4 Å². The van der Waals surface area contributed by atoms with E-state index < -0.39 is 6.04 Å². The van der Waals surface area contributed by atoms with E-state index in [1.807, 2.05) is 0 Å². The molecule has 0 aliphatic carbocycles. The van der Waals surface area contributed by atoms with Crippen molar-refractivity contribution >= 4 is 23.5 Å². The van der Waals surface area contributed by atoms with Gasteiger partial charge in [0.15, 0.2) is 0 Å². The van der Waals surface area contributed by atoms with Gasteiger partial charge in [-0.05, 0) is 37.5 Å². The zero-order chi connectivity index (χ0) is 16.8. The Balaban J connectivity index is 1.98. The Morgan fingerprint density at radius 1 is 1.26 bits per heavy atom. The maximum absolute atomic E-state index is 12.2. The van der Waals surface area contributed by atoms with Crippen LogP contribution in [0, 0.1) is 0 Å². The molecule has 1 heterocycles. The van der Waals surface area contributed by atoms with Crippen molar-refractivity contribution in [3.63, 3.8) is 0 Å². The molecule has 1 aromatic carbocycles. The zero-order valence-electron chi connectivity index (χ0n) is 13.4. The van der Waals surface area contributed by atoms with Crippen LogP contribution in [0.2, 0.25) is 0 Å². The first kappa shape index (κ1) is 17.0. The maximum atomic E-state index is 12.2. The summed E-state index contributed by atoms with van der Waals surface area (Å²) in [6, 6.07) is 6.56. The molecule has 1 fully saturated rings. The van der Waals surface area contributed by atoms with E-state index in [0.29, 0.717) is 18.5 Å². The van der Waals surface area contributed by atoms with Gasteiger partial charge in [0.05, 0.1) is 13.0 Å². The van der Waals surface area contributed by atoms with Crippen LogP contribution >= 0.6 is 0 Å². The molecule has 124 valence electrons. The smallest absolute Gasteiger partial charge is 0.312 e. The molecule has 6 nitrogen and oxygen atoms in total. The maximum Gasteiger partial charge on any atom is 0.312 e. The van der Waals surface area contributed by atoms with Gasteiger partial charge in [0.2, 0.25) is 11.8 Å². The van der Waals surface area contributed by atoms with Gasteiger partial charge in [-0.15, -0.1) is 0 Å². The molecule has 0 aromatic heterocycles. The number of esters is 1.